The van der Waals surface area contributed by atoms with Crippen LogP contribution in [0.2, 0.25) is 0 Å². The van der Waals surface area contributed by atoms with Crippen molar-refractivity contribution < 1.29 is 33.2 Å². The SMILES string of the molecule is Nc1cccc(Oc2cccc(Oc3ccc(Oc4ccc(Oc5ccc(Oc6ccc(Oc7cccc(Oc8cccc(N)c8)c7)cc6)cc5)cc4)cc3)c2)c1. The lowest BCUT2D eigenvalue weighted by atomic mass is 10.3. The smallest absolute Gasteiger partial charge is 0.131 e. The average Bonchev–Trinajstić information content (AvgIpc) is 3.21. The number of benzene rings is 8. The van der Waals surface area contributed by atoms with E-state index < -0.39 is 0 Å². The molecule has 0 spiro atoms. The first-order valence-electron chi connectivity index (χ1n) is 18.0. The van der Waals surface area contributed by atoms with Crippen LogP contribution in [0.1, 0.15) is 0 Å². The normalized spacial score (nSPS) is 10.6. The van der Waals surface area contributed by atoms with Crippen LogP contribution in [0, 0.1) is 0 Å². The molecule has 0 heterocycles. The van der Waals surface area contributed by atoms with Gasteiger partial charge in [0.2, 0.25) is 0 Å². The summed E-state index contributed by atoms with van der Waals surface area (Å²) in [7, 11) is 0. The topological polar surface area (TPSA) is 117 Å². The van der Waals surface area contributed by atoms with Crippen molar-refractivity contribution in [1.82, 2.24) is 0 Å². The summed E-state index contributed by atoms with van der Waals surface area (Å²) in [5.41, 5.74) is 13.0. The van der Waals surface area contributed by atoms with Crippen molar-refractivity contribution in [3.05, 3.63) is 194 Å². The standard InChI is InChI=1S/C48H36N2O7/c49-33-5-1-7-43(29-33)56-47-11-3-9-45(31-47)54-41-25-21-39(22-26-41)52-37-17-13-35(14-18-37)51-36-15-19-38(20-16-36)53-40-23-27-42(28-24-40)55-46-10-4-12-48(32-46)57-44-8-2-6-34(50)30-44/h1-32H,49-50H2. The van der Waals surface area contributed by atoms with Crippen LogP contribution in [0.3, 0.4) is 0 Å². The molecule has 0 aliphatic carbocycles. The fourth-order valence-electron chi connectivity index (χ4n) is 5.61. The van der Waals surface area contributed by atoms with Gasteiger partial charge in [-0.2, -0.15) is 0 Å². The minimum absolute atomic E-state index is 0.634. The van der Waals surface area contributed by atoms with Crippen LogP contribution in [0.5, 0.6) is 80.5 Å². The number of ether oxygens (including phenoxy) is 7. The number of nitrogen functional groups attached to an aromatic ring is 2. The van der Waals surface area contributed by atoms with Crippen molar-refractivity contribution in [2.24, 2.45) is 0 Å². The van der Waals surface area contributed by atoms with Crippen LogP contribution >= 0.6 is 0 Å². The van der Waals surface area contributed by atoms with Crippen molar-refractivity contribution in [2.75, 3.05) is 11.5 Å². The second kappa shape index (κ2) is 17.0. The molecule has 8 rings (SSSR count). The maximum atomic E-state index is 6.05. The van der Waals surface area contributed by atoms with E-state index in [1.807, 2.05) is 182 Å². The number of anilines is 2. The molecule has 8 aromatic carbocycles. The summed E-state index contributed by atoms with van der Waals surface area (Å²) in [6, 6.07) is 58.9. The van der Waals surface area contributed by atoms with Gasteiger partial charge in [0.25, 0.3) is 0 Å². The molecule has 0 aliphatic heterocycles. The van der Waals surface area contributed by atoms with Crippen LogP contribution in [0.15, 0.2) is 194 Å². The number of rotatable bonds is 14. The lowest BCUT2D eigenvalue weighted by molar-refractivity contribution is 0.455. The van der Waals surface area contributed by atoms with Gasteiger partial charge in [0.05, 0.1) is 0 Å². The first kappa shape index (κ1) is 36.0. The van der Waals surface area contributed by atoms with E-state index in [1.165, 1.54) is 0 Å². The number of hydrogen-bond acceptors (Lipinski definition) is 9. The molecule has 0 amide bonds. The molecule has 0 bridgehead atoms. The third kappa shape index (κ3) is 10.1. The van der Waals surface area contributed by atoms with Gasteiger partial charge in [0.15, 0.2) is 0 Å². The van der Waals surface area contributed by atoms with E-state index in [0.717, 1.165) is 0 Å². The fourth-order valence-corrected chi connectivity index (χ4v) is 5.61. The zero-order chi connectivity index (χ0) is 38.8. The van der Waals surface area contributed by atoms with Crippen LogP contribution < -0.4 is 44.6 Å². The van der Waals surface area contributed by atoms with Crippen molar-refractivity contribution in [3.63, 3.8) is 0 Å². The maximum Gasteiger partial charge on any atom is 0.131 e. The van der Waals surface area contributed by atoms with Crippen molar-refractivity contribution in [3.8, 4) is 80.5 Å². The number of hydrogen-bond donors (Lipinski definition) is 2. The Labute approximate surface area is 329 Å². The lowest BCUT2D eigenvalue weighted by Gasteiger charge is -2.11. The summed E-state index contributed by atoms with van der Waals surface area (Å²) >= 11 is 0. The molecule has 0 fully saturated rings. The van der Waals surface area contributed by atoms with E-state index in [9.17, 15) is 0 Å². The molecular formula is C48H36N2O7. The summed E-state index contributed by atoms with van der Waals surface area (Å²) in [5, 5.41) is 0. The van der Waals surface area contributed by atoms with Gasteiger partial charge in [0, 0.05) is 35.6 Å². The zero-order valence-corrected chi connectivity index (χ0v) is 30.5. The molecule has 8 aromatic rings. The van der Waals surface area contributed by atoms with Crippen LogP contribution in [0.4, 0.5) is 11.4 Å². The minimum atomic E-state index is 0.634. The minimum Gasteiger partial charge on any atom is -0.457 e. The van der Waals surface area contributed by atoms with Crippen molar-refractivity contribution in [2.45, 2.75) is 0 Å². The van der Waals surface area contributed by atoms with Gasteiger partial charge in [-0.1, -0.05) is 24.3 Å². The first-order valence-corrected chi connectivity index (χ1v) is 18.0. The third-order valence-electron chi connectivity index (χ3n) is 8.27. The van der Waals surface area contributed by atoms with Crippen molar-refractivity contribution in [1.29, 1.82) is 0 Å². The second-order valence-electron chi connectivity index (χ2n) is 12.7. The highest BCUT2D eigenvalue weighted by molar-refractivity contribution is 5.48. The summed E-state index contributed by atoms with van der Waals surface area (Å²) in [6.07, 6.45) is 0. The Morgan fingerprint density at radius 2 is 0.368 bits per heavy atom. The molecule has 9 heteroatoms. The van der Waals surface area contributed by atoms with Crippen LogP contribution in [-0.4, -0.2) is 0 Å². The lowest BCUT2D eigenvalue weighted by Crippen LogP contribution is -1.90. The molecule has 4 N–H and O–H groups in total. The number of nitrogens with two attached hydrogens (primary N) is 2. The monoisotopic (exact) mass is 752 g/mol. The molecule has 0 aromatic heterocycles. The first-order chi connectivity index (χ1) is 27.9. The van der Waals surface area contributed by atoms with Crippen molar-refractivity contribution >= 4 is 11.4 Å². The van der Waals surface area contributed by atoms with Crippen LogP contribution in [0.25, 0.3) is 0 Å². The molecule has 0 radical (unpaired) electrons. The summed E-state index contributed by atoms with van der Waals surface area (Å²) < 4.78 is 42.1. The zero-order valence-electron chi connectivity index (χ0n) is 30.5. The molecule has 0 saturated carbocycles. The van der Waals surface area contributed by atoms with E-state index in [0.29, 0.717) is 91.9 Å². The molecule has 9 nitrogen and oxygen atoms in total. The predicted molar refractivity (Wildman–Crippen MR) is 221 cm³/mol. The van der Waals surface area contributed by atoms with Gasteiger partial charge in [0.1, 0.15) is 80.5 Å². The van der Waals surface area contributed by atoms with E-state index in [1.54, 1.807) is 12.1 Å². The Morgan fingerprint density at radius 3 is 0.596 bits per heavy atom. The molecule has 0 unspecified atom stereocenters. The largest absolute Gasteiger partial charge is 0.457 e. The Balaban J connectivity index is 0.797. The van der Waals surface area contributed by atoms with Gasteiger partial charge >= 0.3 is 0 Å². The summed E-state index contributed by atoms with van der Waals surface area (Å²) in [4.78, 5) is 0. The second-order valence-corrected chi connectivity index (χ2v) is 12.7. The Hall–Kier alpha value is -8.04. The third-order valence-corrected chi connectivity index (χ3v) is 8.27. The van der Waals surface area contributed by atoms with Gasteiger partial charge in [-0.3, -0.25) is 0 Å². The van der Waals surface area contributed by atoms with E-state index in [-0.39, 0.29) is 0 Å². The highest BCUT2D eigenvalue weighted by Gasteiger charge is 2.07. The highest BCUT2D eigenvalue weighted by Crippen LogP contribution is 2.34. The van der Waals surface area contributed by atoms with Gasteiger partial charge in [-0.25, -0.2) is 0 Å². The van der Waals surface area contributed by atoms with E-state index in [4.69, 9.17) is 44.6 Å². The fraction of sp³-hybridized carbons (Fsp3) is 0. The quantitative estimate of drug-likeness (QED) is 0.105. The maximum absolute atomic E-state index is 6.05. The average molecular weight is 753 g/mol. The van der Waals surface area contributed by atoms with E-state index in [2.05, 4.69) is 0 Å². The molecule has 57 heavy (non-hydrogen) atoms. The highest BCUT2D eigenvalue weighted by atomic mass is 16.5. The van der Waals surface area contributed by atoms with Gasteiger partial charge in [-0.15, -0.1) is 0 Å². The molecule has 280 valence electrons. The Bertz CT molecular complexity index is 2380. The molecular weight excluding hydrogens is 717 g/mol. The van der Waals surface area contributed by atoms with E-state index >= 15 is 0 Å². The predicted octanol–water partition coefficient (Wildman–Crippen LogP) is 13.4. The van der Waals surface area contributed by atoms with Gasteiger partial charge < -0.3 is 44.6 Å². The summed E-state index contributed by atoms with van der Waals surface area (Å²) in [6.45, 7) is 0. The summed E-state index contributed by atoms with van der Waals surface area (Å²) in [5.74, 6) is 9.18. The molecule has 0 aliphatic rings. The Kier molecular flexibility index (Phi) is 10.7. The molecule has 0 atom stereocenters. The van der Waals surface area contributed by atoms with Crippen LogP contribution in [-0.2, 0) is 0 Å². The van der Waals surface area contributed by atoms with Gasteiger partial charge in [-0.05, 0) is 146 Å². The Morgan fingerprint density at radius 1 is 0.193 bits per heavy atom. The molecule has 0 saturated heterocycles.